The molecule has 10 aromatic rings. The lowest BCUT2D eigenvalue weighted by atomic mass is 9.93. The smallest absolute Gasteiger partial charge is 0.137 e. The van der Waals surface area contributed by atoms with Gasteiger partial charge in [-0.2, -0.15) is 0 Å². The van der Waals surface area contributed by atoms with Gasteiger partial charge in [0.15, 0.2) is 0 Å². The molecule has 0 saturated carbocycles. The van der Waals surface area contributed by atoms with Gasteiger partial charge in [-0.3, -0.25) is 0 Å². The molecule has 3 heteroatoms. The van der Waals surface area contributed by atoms with Crippen molar-refractivity contribution in [2.45, 2.75) is 0 Å². The summed E-state index contributed by atoms with van der Waals surface area (Å²) in [4.78, 5) is 2.32. The third kappa shape index (κ3) is 3.73. The molecule has 228 valence electrons. The van der Waals surface area contributed by atoms with Crippen LogP contribution in [0.15, 0.2) is 174 Å². The Hall–Kier alpha value is -6.58. The number of fused-ring (bicyclic) bond motifs is 6. The van der Waals surface area contributed by atoms with E-state index >= 15 is 0 Å². The minimum Gasteiger partial charge on any atom is -0.456 e. The van der Waals surface area contributed by atoms with Crippen LogP contribution in [0.4, 0.5) is 17.1 Å². The van der Waals surface area contributed by atoms with Crippen LogP contribution in [0.2, 0.25) is 0 Å². The number of hydrogen-bond acceptors (Lipinski definition) is 2. The highest BCUT2D eigenvalue weighted by molar-refractivity contribution is 6.30. The number of para-hydroxylation sites is 2. The van der Waals surface area contributed by atoms with E-state index in [0.29, 0.717) is 0 Å². The number of nitrogens with zero attached hydrogens (tertiary/aromatic N) is 2. The molecule has 0 spiro atoms. The van der Waals surface area contributed by atoms with E-state index < -0.39 is 0 Å². The molecule has 0 bridgehead atoms. The molecule has 0 unspecified atom stereocenters. The van der Waals surface area contributed by atoms with Gasteiger partial charge in [-0.15, -0.1) is 0 Å². The van der Waals surface area contributed by atoms with Crippen LogP contribution in [-0.4, -0.2) is 4.57 Å². The van der Waals surface area contributed by atoms with Gasteiger partial charge >= 0.3 is 0 Å². The molecule has 0 fully saturated rings. The Kier molecular flexibility index (Phi) is 5.38. The van der Waals surface area contributed by atoms with Gasteiger partial charge in [0.2, 0.25) is 0 Å². The van der Waals surface area contributed by atoms with Crippen LogP contribution < -0.4 is 4.90 Å². The molecule has 0 aliphatic heterocycles. The van der Waals surface area contributed by atoms with Crippen LogP contribution in [0.1, 0.15) is 0 Å². The van der Waals surface area contributed by atoms with Crippen molar-refractivity contribution >= 4 is 71.6 Å². The Bertz CT molecular complexity index is 2950. The number of benzene rings is 8. The van der Waals surface area contributed by atoms with Crippen molar-refractivity contribution in [1.82, 2.24) is 4.57 Å². The Balaban J connectivity index is 1.17. The third-order valence-corrected chi connectivity index (χ3v) is 10.3. The van der Waals surface area contributed by atoms with Crippen LogP contribution in [-0.2, 0) is 0 Å². The SMILES string of the molecule is c1ccc(N(c2cccc(-n3c4cccc5c4c4c6c(cccc6ccc43)-c3ccccc3-5)c2)c2ccc3c(c2)oc2ccccc23)cc1. The van der Waals surface area contributed by atoms with Gasteiger partial charge in [0.1, 0.15) is 11.2 Å². The van der Waals surface area contributed by atoms with E-state index in [2.05, 4.69) is 167 Å². The number of anilines is 3. The molecule has 8 aromatic carbocycles. The molecule has 0 amide bonds. The summed E-state index contributed by atoms with van der Waals surface area (Å²) in [6.07, 6.45) is 0. The van der Waals surface area contributed by atoms with Crippen LogP contribution in [0, 0.1) is 0 Å². The third-order valence-electron chi connectivity index (χ3n) is 10.3. The van der Waals surface area contributed by atoms with Crippen molar-refractivity contribution < 1.29 is 4.42 Å². The second-order valence-corrected chi connectivity index (χ2v) is 12.9. The predicted octanol–water partition coefficient (Wildman–Crippen LogP) is 13.0. The number of aromatic nitrogens is 1. The lowest BCUT2D eigenvalue weighted by Gasteiger charge is -2.26. The molecule has 2 aromatic heterocycles. The summed E-state index contributed by atoms with van der Waals surface area (Å²) >= 11 is 0. The van der Waals surface area contributed by atoms with Crippen LogP contribution in [0.3, 0.4) is 0 Å². The molecule has 0 radical (unpaired) electrons. The van der Waals surface area contributed by atoms with Crippen molar-refractivity contribution in [3.63, 3.8) is 0 Å². The van der Waals surface area contributed by atoms with Crippen LogP contribution in [0.5, 0.6) is 0 Å². The van der Waals surface area contributed by atoms with E-state index in [0.717, 1.165) is 44.7 Å². The Labute approximate surface area is 282 Å². The Morgan fingerprint density at radius 3 is 1.92 bits per heavy atom. The molecule has 0 saturated heterocycles. The maximum Gasteiger partial charge on any atom is 0.137 e. The van der Waals surface area contributed by atoms with Gasteiger partial charge < -0.3 is 13.9 Å². The van der Waals surface area contributed by atoms with E-state index in [1.54, 1.807) is 0 Å². The highest BCUT2D eigenvalue weighted by Crippen LogP contribution is 2.50. The van der Waals surface area contributed by atoms with E-state index in [1.165, 1.54) is 54.8 Å². The lowest BCUT2D eigenvalue weighted by molar-refractivity contribution is 0.669. The molecule has 0 N–H and O–H groups in total. The zero-order valence-corrected chi connectivity index (χ0v) is 26.5. The highest BCUT2D eigenvalue weighted by Gasteiger charge is 2.25. The molecule has 11 rings (SSSR count). The van der Waals surface area contributed by atoms with Crippen LogP contribution in [0.25, 0.3) is 82.5 Å². The van der Waals surface area contributed by atoms with Gasteiger partial charge in [0, 0.05) is 50.4 Å². The van der Waals surface area contributed by atoms with E-state index in [4.69, 9.17) is 4.42 Å². The second-order valence-electron chi connectivity index (χ2n) is 12.9. The Morgan fingerprint density at radius 1 is 0.388 bits per heavy atom. The topological polar surface area (TPSA) is 21.3 Å². The molecule has 49 heavy (non-hydrogen) atoms. The van der Waals surface area contributed by atoms with Crippen LogP contribution >= 0.6 is 0 Å². The first-order chi connectivity index (χ1) is 24.3. The normalized spacial score (nSPS) is 12.1. The fraction of sp³-hybridized carbons (Fsp3) is 0. The summed E-state index contributed by atoms with van der Waals surface area (Å²) in [6, 6.07) is 61.3. The quantitative estimate of drug-likeness (QED) is 0.194. The highest BCUT2D eigenvalue weighted by atomic mass is 16.3. The predicted molar refractivity (Wildman–Crippen MR) is 205 cm³/mol. The van der Waals surface area contributed by atoms with E-state index in [1.807, 2.05) is 12.1 Å². The summed E-state index contributed by atoms with van der Waals surface area (Å²) in [6.45, 7) is 0. The lowest BCUT2D eigenvalue weighted by Crippen LogP contribution is -2.10. The molecular weight excluding hydrogens is 597 g/mol. The molecule has 3 nitrogen and oxygen atoms in total. The summed E-state index contributed by atoms with van der Waals surface area (Å²) in [5, 5.41) is 7.46. The summed E-state index contributed by atoms with van der Waals surface area (Å²) in [5.41, 5.74) is 13.7. The molecular formula is C46H28N2O. The largest absolute Gasteiger partial charge is 0.456 e. The van der Waals surface area contributed by atoms with Crippen molar-refractivity contribution in [2.24, 2.45) is 0 Å². The van der Waals surface area contributed by atoms with Crippen molar-refractivity contribution in [1.29, 1.82) is 0 Å². The van der Waals surface area contributed by atoms with Gasteiger partial charge in [-0.25, -0.2) is 0 Å². The van der Waals surface area contributed by atoms with E-state index in [9.17, 15) is 0 Å². The summed E-state index contributed by atoms with van der Waals surface area (Å²) < 4.78 is 8.80. The maximum absolute atomic E-state index is 6.35. The average Bonchev–Trinajstić information content (AvgIpc) is 3.67. The fourth-order valence-corrected chi connectivity index (χ4v) is 8.26. The number of furan rings is 1. The molecule has 0 atom stereocenters. The first-order valence-electron chi connectivity index (χ1n) is 16.8. The standard InChI is InChI=1S/C46H28N2O/c1-2-12-30(13-3-1)47(33-24-25-37-36-18-6-7-22-42(36)49-43(37)28-33)31-14-9-15-32(27-31)48-40-21-10-20-39-35-17-5-4-16-34(35)38-19-8-11-29-23-26-41(48)46(44(29)38)45(39)40/h1-28H. The Morgan fingerprint density at radius 2 is 1.04 bits per heavy atom. The fourth-order valence-electron chi connectivity index (χ4n) is 8.26. The molecule has 1 aliphatic rings. The van der Waals surface area contributed by atoms with Gasteiger partial charge in [0.05, 0.1) is 11.0 Å². The van der Waals surface area contributed by atoms with Crippen molar-refractivity contribution in [2.75, 3.05) is 4.90 Å². The maximum atomic E-state index is 6.35. The zero-order chi connectivity index (χ0) is 32.1. The zero-order valence-electron chi connectivity index (χ0n) is 26.5. The van der Waals surface area contributed by atoms with Gasteiger partial charge in [0.25, 0.3) is 0 Å². The van der Waals surface area contributed by atoms with E-state index in [-0.39, 0.29) is 0 Å². The molecule has 2 heterocycles. The minimum atomic E-state index is 0.878. The van der Waals surface area contributed by atoms with Crippen molar-refractivity contribution in [3.05, 3.63) is 170 Å². The first-order valence-corrected chi connectivity index (χ1v) is 16.8. The van der Waals surface area contributed by atoms with Crippen molar-refractivity contribution in [3.8, 4) is 27.9 Å². The summed E-state index contributed by atoms with van der Waals surface area (Å²) in [5.74, 6) is 0. The summed E-state index contributed by atoms with van der Waals surface area (Å²) in [7, 11) is 0. The van der Waals surface area contributed by atoms with Gasteiger partial charge in [-0.1, -0.05) is 103 Å². The number of rotatable bonds is 4. The monoisotopic (exact) mass is 624 g/mol. The number of hydrogen-bond donors (Lipinski definition) is 0. The first kappa shape index (κ1) is 26.5. The average molecular weight is 625 g/mol. The van der Waals surface area contributed by atoms with Gasteiger partial charge in [-0.05, 0) is 93.7 Å². The second kappa shape index (κ2) is 9.96. The minimum absolute atomic E-state index is 0.878. The molecule has 1 aliphatic carbocycles.